The van der Waals surface area contributed by atoms with Gasteiger partial charge in [0.1, 0.15) is 11.3 Å². The monoisotopic (exact) mass is 486 g/mol. The van der Waals surface area contributed by atoms with Gasteiger partial charge in [-0.15, -0.1) is 0 Å². The van der Waals surface area contributed by atoms with Gasteiger partial charge in [0.25, 0.3) is 0 Å². The van der Waals surface area contributed by atoms with E-state index in [2.05, 4.69) is 38.2 Å². The van der Waals surface area contributed by atoms with Crippen LogP contribution in [0.15, 0.2) is 28.7 Å². The average Bonchev–Trinajstić information content (AvgIpc) is 3.23. The second-order valence-corrected chi connectivity index (χ2v) is 11.0. The first-order valence-electron chi connectivity index (χ1n) is 13.4. The van der Waals surface area contributed by atoms with Crippen LogP contribution in [0.1, 0.15) is 70.6 Å². The molecule has 2 N–H and O–H groups in total. The molecule has 1 aliphatic heterocycles. The molecule has 1 aromatic carbocycles. The number of para-hydroxylation sites is 1. The SMILES string of the molecule is CNC[C@H](C)CC(=O)N1CCC[C@@H]([C@@](O)(CCCCOC)c2cccc3cc(CC(C)C)oc23)C1. The smallest absolute Gasteiger partial charge is 0.222 e. The minimum atomic E-state index is -1.06. The highest BCUT2D eigenvalue weighted by molar-refractivity contribution is 5.82. The summed E-state index contributed by atoms with van der Waals surface area (Å²) in [6, 6.07) is 8.23. The lowest BCUT2D eigenvalue weighted by molar-refractivity contribution is -0.137. The third kappa shape index (κ3) is 7.08. The molecule has 0 saturated carbocycles. The summed E-state index contributed by atoms with van der Waals surface area (Å²) in [6.45, 7) is 9.33. The van der Waals surface area contributed by atoms with E-state index in [1.165, 1.54) is 0 Å². The van der Waals surface area contributed by atoms with Crippen molar-refractivity contribution in [1.29, 1.82) is 0 Å². The molecule has 1 fully saturated rings. The van der Waals surface area contributed by atoms with Gasteiger partial charge in [-0.05, 0) is 63.6 Å². The van der Waals surface area contributed by atoms with Crippen molar-refractivity contribution in [3.63, 3.8) is 0 Å². The fourth-order valence-electron chi connectivity index (χ4n) is 5.60. The Morgan fingerprint density at radius 1 is 1.31 bits per heavy atom. The van der Waals surface area contributed by atoms with Gasteiger partial charge in [0.15, 0.2) is 0 Å². The lowest BCUT2D eigenvalue weighted by atomic mass is 9.73. The summed E-state index contributed by atoms with van der Waals surface area (Å²) in [5.41, 5.74) is 0.601. The van der Waals surface area contributed by atoms with Crippen LogP contribution in [0.25, 0.3) is 11.0 Å². The van der Waals surface area contributed by atoms with E-state index in [0.717, 1.165) is 67.5 Å². The molecule has 2 heterocycles. The Morgan fingerprint density at radius 2 is 2.11 bits per heavy atom. The van der Waals surface area contributed by atoms with Crippen molar-refractivity contribution < 1.29 is 19.1 Å². The summed E-state index contributed by atoms with van der Waals surface area (Å²) in [5, 5.41) is 16.6. The van der Waals surface area contributed by atoms with Gasteiger partial charge < -0.3 is 24.5 Å². The molecule has 1 aliphatic rings. The third-order valence-electron chi connectivity index (χ3n) is 7.35. The molecule has 3 rings (SSSR count). The molecule has 6 nitrogen and oxygen atoms in total. The van der Waals surface area contributed by atoms with Crippen LogP contribution in [0.3, 0.4) is 0 Å². The van der Waals surface area contributed by atoms with Crippen LogP contribution in [0, 0.1) is 17.8 Å². The highest BCUT2D eigenvalue weighted by atomic mass is 16.5. The highest BCUT2D eigenvalue weighted by Crippen LogP contribution is 2.43. The van der Waals surface area contributed by atoms with Gasteiger partial charge in [0.2, 0.25) is 5.91 Å². The van der Waals surface area contributed by atoms with Crippen LogP contribution in [-0.4, -0.2) is 56.3 Å². The topological polar surface area (TPSA) is 74.9 Å². The minimum absolute atomic E-state index is 0.0356. The molecule has 1 aromatic heterocycles. The zero-order valence-electron chi connectivity index (χ0n) is 22.4. The van der Waals surface area contributed by atoms with Gasteiger partial charge in [-0.2, -0.15) is 0 Å². The number of amides is 1. The number of nitrogens with one attached hydrogen (secondary N) is 1. The van der Waals surface area contributed by atoms with E-state index in [0.29, 0.717) is 31.9 Å². The van der Waals surface area contributed by atoms with Crippen molar-refractivity contribution in [2.75, 3.05) is 40.4 Å². The number of hydrogen-bond donors (Lipinski definition) is 2. The first-order chi connectivity index (χ1) is 16.8. The van der Waals surface area contributed by atoms with Gasteiger partial charge in [-0.1, -0.05) is 39.0 Å². The second kappa shape index (κ2) is 12.9. The third-order valence-corrected chi connectivity index (χ3v) is 7.35. The summed E-state index contributed by atoms with van der Waals surface area (Å²) in [4.78, 5) is 15.1. The molecule has 1 amide bonds. The van der Waals surface area contributed by atoms with Crippen LogP contribution in [0.4, 0.5) is 0 Å². The van der Waals surface area contributed by atoms with E-state index in [-0.39, 0.29) is 17.7 Å². The number of aliphatic hydroxyl groups is 1. The summed E-state index contributed by atoms with van der Waals surface area (Å²) < 4.78 is 11.6. The van der Waals surface area contributed by atoms with E-state index in [9.17, 15) is 9.90 Å². The quantitative estimate of drug-likeness (QED) is 0.385. The van der Waals surface area contributed by atoms with Crippen molar-refractivity contribution in [3.05, 3.63) is 35.6 Å². The van der Waals surface area contributed by atoms with Crippen LogP contribution < -0.4 is 5.32 Å². The number of ether oxygens (including phenoxy) is 1. The molecular weight excluding hydrogens is 440 g/mol. The number of hydrogen-bond acceptors (Lipinski definition) is 5. The maximum atomic E-state index is 13.1. The number of methoxy groups -OCH3 is 1. The molecule has 6 heteroatoms. The Kier molecular flexibility index (Phi) is 10.2. The predicted molar refractivity (Wildman–Crippen MR) is 141 cm³/mol. The molecule has 2 aromatic rings. The van der Waals surface area contributed by atoms with Crippen molar-refractivity contribution in [2.24, 2.45) is 17.8 Å². The molecule has 0 bridgehead atoms. The summed E-state index contributed by atoms with van der Waals surface area (Å²) in [6.07, 6.45) is 5.57. The number of fused-ring (bicyclic) bond motifs is 1. The zero-order chi connectivity index (χ0) is 25.4. The first-order valence-corrected chi connectivity index (χ1v) is 13.4. The van der Waals surface area contributed by atoms with E-state index < -0.39 is 5.60 Å². The Morgan fingerprint density at radius 3 is 2.83 bits per heavy atom. The minimum Gasteiger partial charge on any atom is -0.461 e. The van der Waals surface area contributed by atoms with E-state index in [4.69, 9.17) is 9.15 Å². The molecule has 0 unspecified atom stereocenters. The van der Waals surface area contributed by atoms with Crippen molar-refractivity contribution in [1.82, 2.24) is 10.2 Å². The number of carbonyl (C=O) groups is 1. The Bertz CT molecular complexity index is 940. The lowest BCUT2D eigenvalue weighted by Gasteiger charge is -2.43. The highest BCUT2D eigenvalue weighted by Gasteiger charge is 2.42. The number of rotatable bonds is 13. The Balaban J connectivity index is 1.90. The fourth-order valence-corrected chi connectivity index (χ4v) is 5.60. The largest absolute Gasteiger partial charge is 0.461 e. The average molecular weight is 487 g/mol. The van der Waals surface area contributed by atoms with Gasteiger partial charge in [0, 0.05) is 56.5 Å². The molecule has 196 valence electrons. The van der Waals surface area contributed by atoms with Crippen LogP contribution in [-0.2, 0) is 21.6 Å². The fraction of sp³-hybridized carbons (Fsp3) is 0.690. The van der Waals surface area contributed by atoms with Gasteiger partial charge in [-0.3, -0.25) is 4.79 Å². The molecule has 35 heavy (non-hydrogen) atoms. The maximum Gasteiger partial charge on any atom is 0.222 e. The standard InChI is InChI=1S/C29H46N2O4/c1-21(2)16-25-18-23-10-8-12-26(28(23)35-25)29(33,13-6-7-15-34-5)24-11-9-14-31(20-24)27(32)17-22(3)19-30-4/h8,10,12,18,21-22,24,30,33H,6-7,9,11,13-17,19-20H2,1-5H3/t22-,24-,29+/m1/s1. The number of carbonyl (C=O) groups excluding carboxylic acids is 1. The second-order valence-electron chi connectivity index (χ2n) is 11.0. The van der Waals surface area contributed by atoms with Gasteiger partial charge in [0.05, 0.1) is 5.60 Å². The van der Waals surface area contributed by atoms with Crippen LogP contribution in [0.2, 0.25) is 0 Å². The van der Waals surface area contributed by atoms with Gasteiger partial charge in [-0.25, -0.2) is 0 Å². The van der Waals surface area contributed by atoms with E-state index >= 15 is 0 Å². The normalized spacial score (nSPS) is 19.3. The van der Waals surface area contributed by atoms with E-state index in [1.807, 2.05) is 24.1 Å². The Hall–Kier alpha value is -1.89. The van der Waals surface area contributed by atoms with Crippen LogP contribution in [0.5, 0.6) is 0 Å². The maximum absolute atomic E-state index is 13.1. The predicted octanol–water partition coefficient (Wildman–Crippen LogP) is 5.12. The molecular formula is C29H46N2O4. The van der Waals surface area contributed by atoms with Crippen molar-refractivity contribution >= 4 is 16.9 Å². The molecule has 0 aliphatic carbocycles. The number of unbranched alkanes of at least 4 members (excludes halogenated alkanes) is 1. The summed E-state index contributed by atoms with van der Waals surface area (Å²) >= 11 is 0. The molecule has 3 atom stereocenters. The number of piperidine rings is 1. The van der Waals surface area contributed by atoms with Crippen molar-refractivity contribution in [3.8, 4) is 0 Å². The lowest BCUT2D eigenvalue weighted by Crippen LogP contribution is -2.48. The zero-order valence-corrected chi connectivity index (χ0v) is 22.4. The summed E-state index contributed by atoms with van der Waals surface area (Å²) in [7, 11) is 3.63. The van der Waals surface area contributed by atoms with Gasteiger partial charge >= 0.3 is 0 Å². The number of benzene rings is 1. The van der Waals surface area contributed by atoms with Crippen LogP contribution >= 0.6 is 0 Å². The molecule has 0 radical (unpaired) electrons. The van der Waals surface area contributed by atoms with Crippen molar-refractivity contribution in [2.45, 2.75) is 71.3 Å². The number of furan rings is 1. The molecule has 0 spiro atoms. The van der Waals surface area contributed by atoms with E-state index in [1.54, 1.807) is 7.11 Å². The number of likely N-dealkylation sites (tertiary alicyclic amines) is 1. The summed E-state index contributed by atoms with van der Waals surface area (Å²) in [5.74, 6) is 1.90. The first kappa shape index (κ1) is 27.7. The Labute approximate surface area is 211 Å². The molecule has 1 saturated heterocycles. The number of nitrogens with zero attached hydrogens (tertiary/aromatic N) is 1.